The van der Waals surface area contributed by atoms with Crippen LogP contribution < -0.4 is 10.6 Å². The Kier molecular flexibility index (Phi) is 3.30. The summed E-state index contributed by atoms with van der Waals surface area (Å²) in [6, 6.07) is 4.05. The average molecular weight is 305 g/mol. The highest BCUT2D eigenvalue weighted by molar-refractivity contribution is 7.22. The molecule has 3 N–H and O–H groups in total. The molecular weight excluding hydrogens is 294 g/mol. The number of aromatic carboxylic acids is 1. The maximum absolute atomic E-state index is 12.0. The number of carbonyl (C=O) groups excluding carboxylic acids is 2. The Morgan fingerprint density at radius 3 is 2.90 bits per heavy atom. The second kappa shape index (κ2) is 5.13. The van der Waals surface area contributed by atoms with Gasteiger partial charge in [0.2, 0.25) is 11.8 Å². The van der Waals surface area contributed by atoms with Crippen molar-refractivity contribution < 1.29 is 19.5 Å². The van der Waals surface area contributed by atoms with Gasteiger partial charge in [0.25, 0.3) is 0 Å². The zero-order valence-corrected chi connectivity index (χ0v) is 11.6. The summed E-state index contributed by atoms with van der Waals surface area (Å²) in [5.74, 6) is -1.45. The van der Waals surface area contributed by atoms with E-state index >= 15 is 0 Å². The van der Waals surface area contributed by atoms with Gasteiger partial charge in [0.05, 0.1) is 15.8 Å². The van der Waals surface area contributed by atoms with Crippen LogP contribution in [0.25, 0.3) is 10.2 Å². The molecule has 2 aromatic rings. The van der Waals surface area contributed by atoms with Crippen LogP contribution in [0.5, 0.6) is 0 Å². The lowest BCUT2D eigenvalue weighted by atomic mass is 10.2. The van der Waals surface area contributed by atoms with Gasteiger partial charge in [0.15, 0.2) is 5.13 Å². The van der Waals surface area contributed by atoms with Crippen molar-refractivity contribution in [2.24, 2.45) is 0 Å². The summed E-state index contributed by atoms with van der Waals surface area (Å²) in [7, 11) is 0. The highest BCUT2D eigenvalue weighted by Gasteiger charge is 2.27. The molecule has 0 spiro atoms. The predicted molar refractivity (Wildman–Crippen MR) is 76.4 cm³/mol. The fourth-order valence-electron chi connectivity index (χ4n) is 2.11. The summed E-state index contributed by atoms with van der Waals surface area (Å²) in [4.78, 5) is 38.2. The topological polar surface area (TPSA) is 108 Å². The van der Waals surface area contributed by atoms with Crippen molar-refractivity contribution in [2.75, 3.05) is 5.32 Å². The molecule has 0 radical (unpaired) electrons. The van der Waals surface area contributed by atoms with Crippen LogP contribution in [0.3, 0.4) is 0 Å². The Labute approximate surface area is 123 Å². The third-order valence-electron chi connectivity index (χ3n) is 3.18. The van der Waals surface area contributed by atoms with E-state index < -0.39 is 12.0 Å². The number of nitrogens with one attached hydrogen (secondary N) is 2. The fourth-order valence-corrected chi connectivity index (χ4v) is 3.02. The summed E-state index contributed by atoms with van der Waals surface area (Å²) in [6.07, 6.45) is 0.818. The van der Waals surface area contributed by atoms with Crippen LogP contribution in [0.15, 0.2) is 18.2 Å². The Hall–Kier alpha value is -2.48. The van der Waals surface area contributed by atoms with Crippen molar-refractivity contribution >= 4 is 44.5 Å². The molecule has 2 amide bonds. The van der Waals surface area contributed by atoms with Gasteiger partial charge < -0.3 is 15.7 Å². The molecule has 2 heterocycles. The van der Waals surface area contributed by atoms with Crippen molar-refractivity contribution in [3.05, 3.63) is 23.8 Å². The van der Waals surface area contributed by atoms with Crippen LogP contribution in [0.4, 0.5) is 5.13 Å². The van der Waals surface area contributed by atoms with E-state index in [1.807, 2.05) is 0 Å². The van der Waals surface area contributed by atoms with Gasteiger partial charge in [0, 0.05) is 6.42 Å². The number of carbonyl (C=O) groups is 3. The molecule has 0 unspecified atom stereocenters. The van der Waals surface area contributed by atoms with Crippen molar-refractivity contribution in [2.45, 2.75) is 18.9 Å². The largest absolute Gasteiger partial charge is 0.478 e. The quantitative estimate of drug-likeness (QED) is 0.790. The summed E-state index contributed by atoms with van der Waals surface area (Å²) in [6.45, 7) is 0. The molecule has 0 bridgehead atoms. The van der Waals surface area contributed by atoms with E-state index in [0.29, 0.717) is 28.2 Å². The monoisotopic (exact) mass is 305 g/mol. The highest BCUT2D eigenvalue weighted by atomic mass is 32.1. The molecule has 0 aliphatic carbocycles. The van der Waals surface area contributed by atoms with E-state index in [2.05, 4.69) is 15.6 Å². The first-order valence-corrected chi connectivity index (χ1v) is 7.09. The van der Waals surface area contributed by atoms with Crippen LogP contribution >= 0.6 is 11.3 Å². The zero-order chi connectivity index (χ0) is 15.0. The van der Waals surface area contributed by atoms with Crippen LogP contribution in [0.2, 0.25) is 0 Å². The maximum Gasteiger partial charge on any atom is 0.335 e. The SMILES string of the molecule is O=C1CC[C@@H](C(=O)Nc2nc3ccc(C(=O)O)cc3s2)N1. The third kappa shape index (κ3) is 2.70. The van der Waals surface area contributed by atoms with Crippen molar-refractivity contribution in [3.8, 4) is 0 Å². The summed E-state index contributed by atoms with van der Waals surface area (Å²) >= 11 is 1.20. The van der Waals surface area contributed by atoms with Gasteiger partial charge >= 0.3 is 5.97 Å². The molecule has 1 saturated heterocycles. The summed E-state index contributed by atoms with van der Waals surface area (Å²) in [5, 5.41) is 14.6. The van der Waals surface area contributed by atoms with Crippen LogP contribution in [0, 0.1) is 0 Å². The van der Waals surface area contributed by atoms with Gasteiger partial charge in [-0.2, -0.15) is 0 Å². The lowest BCUT2D eigenvalue weighted by molar-refractivity contribution is -0.122. The Morgan fingerprint density at radius 2 is 2.24 bits per heavy atom. The fraction of sp³-hybridized carbons (Fsp3) is 0.231. The normalized spacial score (nSPS) is 17.7. The molecule has 21 heavy (non-hydrogen) atoms. The highest BCUT2D eigenvalue weighted by Crippen LogP contribution is 2.27. The number of benzene rings is 1. The van der Waals surface area contributed by atoms with Gasteiger partial charge in [0.1, 0.15) is 6.04 Å². The van der Waals surface area contributed by atoms with Crippen molar-refractivity contribution in [1.29, 1.82) is 0 Å². The number of hydrogen-bond donors (Lipinski definition) is 3. The smallest absolute Gasteiger partial charge is 0.335 e. The standard InChI is InChI=1S/C13H11N3O4S/c17-10-4-3-8(14-10)11(18)16-13-15-7-2-1-6(12(19)20)5-9(7)21-13/h1-2,5,8H,3-4H2,(H,14,17)(H,19,20)(H,15,16,18)/t8-/m0/s1. The van der Waals surface area contributed by atoms with Gasteiger partial charge in [-0.3, -0.25) is 9.59 Å². The van der Waals surface area contributed by atoms with E-state index in [9.17, 15) is 14.4 Å². The molecule has 8 heteroatoms. The Morgan fingerprint density at radius 1 is 1.43 bits per heavy atom. The lowest BCUT2D eigenvalue weighted by Crippen LogP contribution is -2.37. The third-order valence-corrected chi connectivity index (χ3v) is 4.11. The number of thiazole rings is 1. The van der Waals surface area contributed by atoms with Crippen LogP contribution in [-0.2, 0) is 9.59 Å². The maximum atomic E-state index is 12.0. The average Bonchev–Trinajstić information content (AvgIpc) is 3.03. The van der Waals surface area contributed by atoms with E-state index in [0.717, 1.165) is 0 Å². The number of aromatic nitrogens is 1. The van der Waals surface area contributed by atoms with Gasteiger partial charge in [-0.25, -0.2) is 9.78 Å². The van der Waals surface area contributed by atoms with Crippen molar-refractivity contribution in [3.63, 3.8) is 0 Å². The molecular formula is C13H11N3O4S. The van der Waals surface area contributed by atoms with E-state index in [1.165, 1.54) is 23.5 Å². The molecule has 1 fully saturated rings. The number of rotatable bonds is 3. The van der Waals surface area contributed by atoms with E-state index in [4.69, 9.17) is 5.11 Å². The number of fused-ring (bicyclic) bond motifs is 1. The zero-order valence-electron chi connectivity index (χ0n) is 10.8. The number of carboxylic acids is 1. The first-order valence-electron chi connectivity index (χ1n) is 6.27. The Bertz CT molecular complexity index is 755. The van der Waals surface area contributed by atoms with Crippen LogP contribution in [0.1, 0.15) is 23.2 Å². The number of anilines is 1. The molecule has 0 saturated carbocycles. The number of nitrogens with zero attached hydrogens (tertiary/aromatic N) is 1. The first-order chi connectivity index (χ1) is 10.0. The minimum absolute atomic E-state index is 0.134. The second-order valence-electron chi connectivity index (χ2n) is 4.65. The van der Waals surface area contributed by atoms with Crippen LogP contribution in [-0.4, -0.2) is 33.9 Å². The number of hydrogen-bond acceptors (Lipinski definition) is 5. The predicted octanol–water partition coefficient (Wildman–Crippen LogP) is 1.21. The Balaban J connectivity index is 1.79. The molecule has 1 aliphatic rings. The van der Waals surface area contributed by atoms with E-state index in [-0.39, 0.29) is 17.4 Å². The molecule has 3 rings (SSSR count). The number of amides is 2. The molecule has 1 aliphatic heterocycles. The number of carboxylic acid groups (broad SMARTS) is 1. The second-order valence-corrected chi connectivity index (χ2v) is 5.69. The first kappa shape index (κ1) is 13.5. The lowest BCUT2D eigenvalue weighted by Gasteiger charge is -2.08. The minimum atomic E-state index is -1.01. The van der Waals surface area contributed by atoms with Crippen molar-refractivity contribution in [1.82, 2.24) is 10.3 Å². The molecule has 1 aromatic carbocycles. The van der Waals surface area contributed by atoms with E-state index in [1.54, 1.807) is 6.07 Å². The summed E-state index contributed by atoms with van der Waals surface area (Å²) < 4.78 is 0.681. The molecule has 1 atom stereocenters. The minimum Gasteiger partial charge on any atom is -0.478 e. The molecule has 108 valence electrons. The summed E-state index contributed by atoms with van der Waals surface area (Å²) in [5.41, 5.74) is 0.794. The molecule has 1 aromatic heterocycles. The molecule has 7 nitrogen and oxygen atoms in total. The van der Waals surface area contributed by atoms with Gasteiger partial charge in [-0.05, 0) is 24.6 Å². The van der Waals surface area contributed by atoms with Gasteiger partial charge in [-0.15, -0.1) is 0 Å². The van der Waals surface area contributed by atoms with Gasteiger partial charge in [-0.1, -0.05) is 11.3 Å².